The van der Waals surface area contributed by atoms with Crippen molar-refractivity contribution in [2.75, 3.05) is 11.1 Å². The van der Waals surface area contributed by atoms with Gasteiger partial charge in [-0.15, -0.1) is 0 Å². The number of rotatable bonds is 7. The average molecular weight is 422 g/mol. The van der Waals surface area contributed by atoms with E-state index in [2.05, 4.69) is 39.1 Å². The van der Waals surface area contributed by atoms with Gasteiger partial charge in [-0.25, -0.2) is 4.98 Å². The summed E-state index contributed by atoms with van der Waals surface area (Å²) >= 11 is 1.34. The van der Waals surface area contributed by atoms with Crippen molar-refractivity contribution in [3.63, 3.8) is 0 Å². The number of hydrogen-bond donors (Lipinski definition) is 1. The van der Waals surface area contributed by atoms with E-state index in [0.29, 0.717) is 21.9 Å². The number of pyridine rings is 1. The van der Waals surface area contributed by atoms with Crippen LogP contribution in [0.1, 0.15) is 62.9 Å². The van der Waals surface area contributed by atoms with Crippen LogP contribution >= 0.6 is 11.8 Å². The predicted octanol–water partition coefficient (Wildman–Crippen LogP) is 5.79. The van der Waals surface area contributed by atoms with Crippen LogP contribution in [-0.4, -0.2) is 16.6 Å². The molecule has 158 valence electrons. The van der Waals surface area contributed by atoms with Crippen LogP contribution in [0.15, 0.2) is 35.4 Å². The number of carbonyl (C=O) groups is 1. The molecule has 0 saturated carbocycles. The van der Waals surface area contributed by atoms with E-state index < -0.39 is 0 Å². The van der Waals surface area contributed by atoms with Gasteiger partial charge in [0.05, 0.1) is 11.3 Å². The van der Waals surface area contributed by atoms with Crippen LogP contribution in [0.4, 0.5) is 5.69 Å². The van der Waals surface area contributed by atoms with Crippen molar-refractivity contribution in [1.29, 1.82) is 5.26 Å². The Labute approximate surface area is 184 Å². The minimum absolute atomic E-state index is 0.0857. The quantitative estimate of drug-likeness (QED) is 0.575. The first-order chi connectivity index (χ1) is 14.4. The highest BCUT2D eigenvalue weighted by Crippen LogP contribution is 2.40. The molecule has 1 unspecified atom stereocenters. The molecule has 0 fully saturated rings. The highest BCUT2D eigenvalue weighted by Gasteiger charge is 2.32. The topological polar surface area (TPSA) is 65.8 Å². The van der Waals surface area contributed by atoms with E-state index in [-0.39, 0.29) is 11.7 Å². The van der Waals surface area contributed by atoms with E-state index in [1.54, 1.807) is 0 Å². The zero-order valence-electron chi connectivity index (χ0n) is 18.4. The standard InChI is InChI=1S/C25H31N3OS/c1-5-17-7-10-21(11-8-17)27-23(29)16-30-24-19(15-26)13-18-14-20(25(3,4)6-2)9-12-22(18)28-24/h7-8,10-11,13,20H,5-6,9,12,14,16H2,1-4H3,(H,27,29). The zero-order chi connectivity index (χ0) is 21.7. The average Bonchev–Trinajstić information content (AvgIpc) is 2.77. The van der Waals surface area contributed by atoms with Gasteiger partial charge >= 0.3 is 0 Å². The molecular formula is C25H31N3OS. The molecule has 1 aromatic heterocycles. The van der Waals surface area contributed by atoms with Gasteiger partial charge in [0.15, 0.2) is 0 Å². The second kappa shape index (κ2) is 9.66. The Bertz CT molecular complexity index is 944. The Hall–Kier alpha value is -2.32. The van der Waals surface area contributed by atoms with Gasteiger partial charge in [0.25, 0.3) is 0 Å². The lowest BCUT2D eigenvalue weighted by Crippen LogP contribution is -2.29. The first-order valence-electron chi connectivity index (χ1n) is 10.8. The maximum Gasteiger partial charge on any atom is 0.234 e. The molecule has 30 heavy (non-hydrogen) atoms. The van der Waals surface area contributed by atoms with Crippen molar-refractivity contribution in [2.45, 2.75) is 64.8 Å². The molecule has 1 heterocycles. The van der Waals surface area contributed by atoms with Gasteiger partial charge in [-0.2, -0.15) is 5.26 Å². The smallest absolute Gasteiger partial charge is 0.234 e. The van der Waals surface area contributed by atoms with Crippen LogP contribution in [0.2, 0.25) is 0 Å². The molecule has 0 radical (unpaired) electrons. The third-order valence-electron chi connectivity index (χ3n) is 6.47. The van der Waals surface area contributed by atoms with Crippen LogP contribution in [-0.2, 0) is 24.1 Å². The van der Waals surface area contributed by atoms with Crippen LogP contribution in [0.25, 0.3) is 0 Å². The lowest BCUT2D eigenvalue weighted by Gasteiger charge is -2.37. The Morgan fingerprint density at radius 2 is 2.03 bits per heavy atom. The lowest BCUT2D eigenvalue weighted by molar-refractivity contribution is -0.113. The summed E-state index contributed by atoms with van der Waals surface area (Å²) in [4.78, 5) is 17.2. The number of carbonyl (C=O) groups excluding carboxylic acids is 1. The number of thioether (sulfide) groups is 1. The summed E-state index contributed by atoms with van der Waals surface area (Å²) in [5, 5.41) is 13.2. The number of nitrogens with zero attached hydrogens (tertiary/aromatic N) is 2. The first-order valence-corrected chi connectivity index (χ1v) is 11.8. The second-order valence-corrected chi connectivity index (χ2v) is 9.69. The van der Waals surface area contributed by atoms with Gasteiger partial charge in [-0.3, -0.25) is 4.79 Å². The Balaban J connectivity index is 1.67. The fraction of sp³-hybridized carbons (Fsp3) is 0.480. The van der Waals surface area contributed by atoms with E-state index in [9.17, 15) is 10.1 Å². The van der Waals surface area contributed by atoms with Gasteiger partial charge in [0.2, 0.25) is 5.91 Å². The van der Waals surface area contributed by atoms with E-state index in [1.807, 2.05) is 30.3 Å². The molecular weight excluding hydrogens is 390 g/mol. The van der Waals surface area contributed by atoms with Gasteiger partial charge < -0.3 is 5.32 Å². The number of fused-ring (bicyclic) bond motifs is 1. The number of benzene rings is 1. The van der Waals surface area contributed by atoms with Crippen LogP contribution in [0.3, 0.4) is 0 Å². The molecule has 3 rings (SSSR count). The summed E-state index contributed by atoms with van der Waals surface area (Å²) in [7, 11) is 0. The molecule has 1 amide bonds. The number of nitrogens with one attached hydrogen (secondary N) is 1. The summed E-state index contributed by atoms with van der Waals surface area (Å²) in [5.74, 6) is 0.769. The number of aromatic nitrogens is 1. The van der Waals surface area contributed by atoms with Gasteiger partial charge in [0, 0.05) is 11.4 Å². The van der Waals surface area contributed by atoms with Gasteiger partial charge in [0.1, 0.15) is 11.1 Å². The highest BCUT2D eigenvalue weighted by atomic mass is 32.2. The molecule has 1 atom stereocenters. The maximum atomic E-state index is 12.4. The number of anilines is 1. The molecule has 5 heteroatoms. The van der Waals surface area contributed by atoms with E-state index in [0.717, 1.165) is 43.5 Å². The molecule has 1 aliphatic carbocycles. The minimum atomic E-state index is -0.0857. The van der Waals surface area contributed by atoms with Crippen LogP contribution in [0, 0.1) is 22.7 Å². The summed E-state index contributed by atoms with van der Waals surface area (Å²) < 4.78 is 0. The maximum absolute atomic E-state index is 12.4. The summed E-state index contributed by atoms with van der Waals surface area (Å²) in [6, 6.07) is 12.2. The van der Waals surface area contributed by atoms with Crippen molar-refractivity contribution >= 4 is 23.4 Å². The van der Waals surface area contributed by atoms with Crippen molar-refractivity contribution in [2.24, 2.45) is 11.3 Å². The molecule has 2 aromatic rings. The number of hydrogen-bond acceptors (Lipinski definition) is 4. The number of aryl methyl sites for hydroxylation is 2. The van der Waals surface area contributed by atoms with Gasteiger partial charge in [-0.1, -0.05) is 58.0 Å². The predicted molar refractivity (Wildman–Crippen MR) is 124 cm³/mol. The number of nitriles is 1. The Morgan fingerprint density at radius 1 is 1.30 bits per heavy atom. The van der Waals surface area contributed by atoms with Crippen LogP contribution in [0.5, 0.6) is 0 Å². The molecule has 0 bridgehead atoms. The normalized spacial score (nSPS) is 15.9. The fourth-order valence-electron chi connectivity index (χ4n) is 3.95. The van der Waals surface area contributed by atoms with Crippen LogP contribution < -0.4 is 5.32 Å². The van der Waals surface area contributed by atoms with Gasteiger partial charge in [-0.05, 0) is 66.3 Å². The first kappa shape index (κ1) is 22.4. The fourth-order valence-corrected chi connectivity index (χ4v) is 4.72. The Morgan fingerprint density at radius 3 is 2.67 bits per heavy atom. The Kier molecular flexibility index (Phi) is 7.20. The summed E-state index contributed by atoms with van der Waals surface area (Å²) in [6.45, 7) is 9.02. The molecule has 4 nitrogen and oxygen atoms in total. The molecule has 1 aliphatic rings. The lowest BCUT2D eigenvalue weighted by atomic mass is 9.69. The third-order valence-corrected chi connectivity index (χ3v) is 7.47. The molecule has 0 aliphatic heterocycles. The zero-order valence-corrected chi connectivity index (χ0v) is 19.2. The van der Waals surface area contributed by atoms with Crippen molar-refractivity contribution in [3.05, 3.63) is 52.7 Å². The molecule has 1 aromatic carbocycles. The minimum Gasteiger partial charge on any atom is -0.325 e. The second-order valence-electron chi connectivity index (χ2n) is 8.73. The molecule has 0 spiro atoms. The summed E-state index contributed by atoms with van der Waals surface area (Å²) in [5.41, 5.74) is 5.20. The van der Waals surface area contributed by atoms with E-state index in [4.69, 9.17) is 4.98 Å². The molecule has 0 saturated heterocycles. The van der Waals surface area contributed by atoms with Crippen molar-refractivity contribution in [3.8, 4) is 6.07 Å². The van der Waals surface area contributed by atoms with Crippen molar-refractivity contribution in [1.82, 2.24) is 4.98 Å². The largest absolute Gasteiger partial charge is 0.325 e. The third kappa shape index (κ3) is 5.23. The highest BCUT2D eigenvalue weighted by molar-refractivity contribution is 8.00. The summed E-state index contributed by atoms with van der Waals surface area (Å²) in [6.07, 6.45) is 5.18. The SMILES string of the molecule is CCc1ccc(NC(=O)CSc2nc3c(cc2C#N)CC(C(C)(C)CC)CC3)cc1. The van der Waals surface area contributed by atoms with E-state index in [1.165, 1.54) is 22.9 Å². The molecule has 1 N–H and O–H groups in total. The monoisotopic (exact) mass is 421 g/mol. The van der Waals surface area contributed by atoms with Crippen molar-refractivity contribution < 1.29 is 4.79 Å². The van der Waals surface area contributed by atoms with E-state index >= 15 is 0 Å². The number of amides is 1.